The van der Waals surface area contributed by atoms with Crippen molar-refractivity contribution in [2.45, 2.75) is 45.4 Å². The van der Waals surface area contributed by atoms with Gasteiger partial charge < -0.3 is 9.64 Å². The summed E-state index contributed by atoms with van der Waals surface area (Å²) in [4.78, 5) is 27.5. The summed E-state index contributed by atoms with van der Waals surface area (Å²) in [6.07, 6.45) is 9.46. The number of aromatic nitrogens is 1. The molecule has 0 saturated carbocycles. The number of ether oxygens (including phenoxy) is 1. The van der Waals surface area contributed by atoms with E-state index in [0.717, 1.165) is 32.2 Å². The molecule has 0 aromatic carbocycles. The minimum absolute atomic E-state index is 0.256. The van der Waals surface area contributed by atoms with E-state index in [4.69, 9.17) is 4.74 Å². The van der Waals surface area contributed by atoms with Crippen molar-refractivity contribution in [1.82, 2.24) is 9.88 Å². The highest BCUT2D eigenvalue weighted by atomic mass is 16.5. The Hall–Kier alpha value is -1.91. The number of carbonyl (C=O) groups excluding carboxylic acids is 2. The number of nitrogens with zero attached hydrogens (tertiary/aromatic N) is 2. The second-order valence-electron chi connectivity index (χ2n) is 5.35. The molecule has 2 rings (SSSR count). The summed E-state index contributed by atoms with van der Waals surface area (Å²) < 4.78 is 5.11. The lowest BCUT2D eigenvalue weighted by Crippen LogP contribution is -2.17. The van der Waals surface area contributed by atoms with Crippen LogP contribution in [0, 0.1) is 0 Å². The van der Waals surface area contributed by atoms with Crippen LogP contribution in [-0.4, -0.2) is 42.0 Å². The zero-order valence-corrected chi connectivity index (χ0v) is 13.6. The number of hydrogen-bond acceptors (Lipinski definition) is 4. The normalized spacial score (nSPS) is 13.5. The van der Waals surface area contributed by atoms with Gasteiger partial charge in [-0.15, -0.1) is 0 Å². The molecule has 1 saturated heterocycles. The molecule has 1 aliphatic heterocycles. The molecular weight excluding hydrogens is 280 g/mol. The Morgan fingerprint density at radius 1 is 1.27 bits per heavy atom. The molecule has 1 aliphatic rings. The van der Waals surface area contributed by atoms with E-state index in [9.17, 15) is 9.59 Å². The van der Waals surface area contributed by atoms with E-state index < -0.39 is 0 Å². The molecule has 1 aromatic heterocycles. The Bertz CT molecular complexity index is 448. The van der Waals surface area contributed by atoms with E-state index in [-0.39, 0.29) is 5.97 Å². The lowest BCUT2D eigenvalue weighted by Gasteiger charge is -2.03. The van der Waals surface area contributed by atoms with E-state index in [0.29, 0.717) is 18.1 Å². The number of hydrogen-bond donors (Lipinski definition) is 0. The summed E-state index contributed by atoms with van der Waals surface area (Å²) in [5.74, 6) is 0.0360. The molecule has 122 valence electrons. The summed E-state index contributed by atoms with van der Waals surface area (Å²) in [5.41, 5.74) is 0.570. The van der Waals surface area contributed by atoms with Crippen molar-refractivity contribution in [3.05, 3.63) is 30.1 Å². The summed E-state index contributed by atoms with van der Waals surface area (Å²) in [6.45, 7) is 3.63. The van der Waals surface area contributed by atoms with Gasteiger partial charge in [-0.1, -0.05) is 26.2 Å². The fourth-order valence-electron chi connectivity index (χ4n) is 2.05. The van der Waals surface area contributed by atoms with Gasteiger partial charge in [0.1, 0.15) is 0 Å². The van der Waals surface area contributed by atoms with E-state index >= 15 is 0 Å². The Morgan fingerprint density at radius 2 is 2.00 bits per heavy atom. The fraction of sp³-hybridized carbons (Fsp3) is 0.588. The van der Waals surface area contributed by atoms with Crippen molar-refractivity contribution in [2.24, 2.45) is 0 Å². The maximum Gasteiger partial charge on any atom is 0.338 e. The molecule has 5 nitrogen and oxygen atoms in total. The molecule has 22 heavy (non-hydrogen) atoms. The first kappa shape index (κ1) is 18.1. The summed E-state index contributed by atoms with van der Waals surface area (Å²) in [7, 11) is 1.84. The van der Waals surface area contributed by atoms with E-state index in [1.54, 1.807) is 29.4 Å². The zero-order chi connectivity index (χ0) is 16.2. The molecule has 0 spiro atoms. The molecule has 2 heterocycles. The van der Waals surface area contributed by atoms with E-state index in [1.807, 2.05) is 7.05 Å². The average Bonchev–Trinajstić information content (AvgIpc) is 2.92. The number of amides is 1. The molecule has 0 unspecified atom stereocenters. The lowest BCUT2D eigenvalue weighted by molar-refractivity contribution is -0.126. The zero-order valence-electron chi connectivity index (χ0n) is 13.6. The first-order valence-corrected chi connectivity index (χ1v) is 7.96. The predicted octanol–water partition coefficient (Wildman–Crippen LogP) is 3.06. The molecule has 0 radical (unpaired) electrons. The van der Waals surface area contributed by atoms with Crippen LogP contribution in [0.4, 0.5) is 0 Å². The van der Waals surface area contributed by atoms with Gasteiger partial charge in [-0.05, 0) is 25.0 Å². The highest BCUT2D eigenvalue weighted by Gasteiger charge is 2.14. The third kappa shape index (κ3) is 7.20. The van der Waals surface area contributed by atoms with Gasteiger partial charge in [0.15, 0.2) is 0 Å². The number of esters is 1. The van der Waals surface area contributed by atoms with Crippen LogP contribution in [0.25, 0.3) is 0 Å². The maximum atomic E-state index is 11.4. The monoisotopic (exact) mass is 306 g/mol. The molecule has 0 N–H and O–H groups in total. The summed E-state index contributed by atoms with van der Waals surface area (Å²) in [5, 5.41) is 0. The maximum absolute atomic E-state index is 11.4. The van der Waals surface area contributed by atoms with E-state index in [1.165, 1.54) is 12.8 Å². The van der Waals surface area contributed by atoms with Gasteiger partial charge in [-0.2, -0.15) is 0 Å². The van der Waals surface area contributed by atoms with Gasteiger partial charge in [0, 0.05) is 32.4 Å². The van der Waals surface area contributed by atoms with Crippen LogP contribution in [0.15, 0.2) is 24.5 Å². The van der Waals surface area contributed by atoms with Crippen LogP contribution in [0.1, 0.15) is 55.8 Å². The molecule has 1 aromatic rings. The van der Waals surface area contributed by atoms with Crippen molar-refractivity contribution in [3.63, 3.8) is 0 Å². The fourth-order valence-corrected chi connectivity index (χ4v) is 2.05. The van der Waals surface area contributed by atoms with E-state index in [2.05, 4.69) is 11.9 Å². The highest BCUT2D eigenvalue weighted by Crippen LogP contribution is 2.05. The third-order valence-corrected chi connectivity index (χ3v) is 3.46. The second-order valence-corrected chi connectivity index (χ2v) is 5.35. The molecule has 1 amide bonds. The third-order valence-electron chi connectivity index (χ3n) is 3.46. The van der Waals surface area contributed by atoms with Crippen LogP contribution < -0.4 is 0 Å². The summed E-state index contributed by atoms with van der Waals surface area (Å²) in [6, 6.07) is 3.32. The Balaban J connectivity index is 0.000000287. The largest absolute Gasteiger partial charge is 0.462 e. The van der Waals surface area contributed by atoms with Crippen molar-refractivity contribution in [3.8, 4) is 0 Å². The van der Waals surface area contributed by atoms with Crippen LogP contribution in [0.2, 0.25) is 0 Å². The topological polar surface area (TPSA) is 59.5 Å². The van der Waals surface area contributed by atoms with Gasteiger partial charge in [-0.3, -0.25) is 9.78 Å². The molecule has 5 heteroatoms. The highest BCUT2D eigenvalue weighted by molar-refractivity contribution is 5.89. The van der Waals surface area contributed by atoms with Gasteiger partial charge in [0.05, 0.1) is 12.2 Å². The molecule has 0 atom stereocenters. The van der Waals surface area contributed by atoms with Crippen LogP contribution in [-0.2, 0) is 9.53 Å². The number of pyridine rings is 1. The minimum atomic E-state index is -0.256. The minimum Gasteiger partial charge on any atom is -0.462 e. The summed E-state index contributed by atoms with van der Waals surface area (Å²) >= 11 is 0. The van der Waals surface area contributed by atoms with Crippen molar-refractivity contribution < 1.29 is 14.3 Å². The Morgan fingerprint density at radius 3 is 2.50 bits per heavy atom. The Kier molecular flexibility index (Phi) is 8.88. The number of unbranched alkanes of at least 4 members (excludes halogenated alkanes) is 3. The smallest absolute Gasteiger partial charge is 0.338 e. The van der Waals surface area contributed by atoms with Crippen LogP contribution in [0.3, 0.4) is 0 Å². The Labute approximate surface area is 132 Å². The lowest BCUT2D eigenvalue weighted by atomic mass is 10.2. The van der Waals surface area contributed by atoms with Gasteiger partial charge >= 0.3 is 5.97 Å². The second kappa shape index (κ2) is 10.8. The number of carbonyl (C=O) groups is 2. The molecular formula is C17H26N2O3. The number of rotatable bonds is 6. The standard InChI is InChI=1S/C12H17NO2.C5H9NO/c1-2-3-4-5-10-15-12(14)11-6-8-13-9-7-11;1-6-4-2-3-5(6)7/h6-9H,2-5,10H2,1H3;2-4H2,1H3. The quantitative estimate of drug-likeness (QED) is 0.598. The number of likely N-dealkylation sites (tertiary alicyclic amines) is 1. The first-order valence-electron chi connectivity index (χ1n) is 7.96. The van der Waals surface area contributed by atoms with Gasteiger partial charge in [0.25, 0.3) is 0 Å². The SMILES string of the molecule is CCCCCCOC(=O)c1ccncc1.CN1CCCC1=O. The van der Waals surface area contributed by atoms with Crippen molar-refractivity contribution in [2.75, 3.05) is 20.2 Å². The van der Waals surface area contributed by atoms with Crippen LogP contribution in [0.5, 0.6) is 0 Å². The first-order chi connectivity index (χ1) is 10.6. The van der Waals surface area contributed by atoms with Crippen molar-refractivity contribution >= 4 is 11.9 Å². The van der Waals surface area contributed by atoms with Gasteiger partial charge in [0.2, 0.25) is 5.91 Å². The van der Waals surface area contributed by atoms with Crippen molar-refractivity contribution in [1.29, 1.82) is 0 Å². The predicted molar refractivity (Wildman–Crippen MR) is 85.5 cm³/mol. The average molecular weight is 306 g/mol. The molecule has 1 fully saturated rings. The van der Waals surface area contributed by atoms with Crippen LogP contribution >= 0.6 is 0 Å². The van der Waals surface area contributed by atoms with Gasteiger partial charge in [-0.25, -0.2) is 4.79 Å². The molecule has 0 bridgehead atoms. The molecule has 0 aliphatic carbocycles.